The van der Waals surface area contributed by atoms with Gasteiger partial charge in [0, 0.05) is 0 Å². The van der Waals surface area contributed by atoms with E-state index in [0.717, 1.165) is 10.7 Å². The van der Waals surface area contributed by atoms with E-state index in [9.17, 15) is 0 Å². The van der Waals surface area contributed by atoms with Crippen LogP contribution in [0.1, 0.15) is 0 Å². The summed E-state index contributed by atoms with van der Waals surface area (Å²) in [4.78, 5) is 0. The van der Waals surface area contributed by atoms with Crippen LogP contribution < -0.4 is 0 Å². The average Bonchev–Trinajstić information content (AvgIpc) is 2.74. The number of thioether (sulfide) groups is 1. The third-order valence-electron chi connectivity index (χ3n) is 1.40. The van der Waals surface area contributed by atoms with Crippen molar-refractivity contribution in [2.24, 2.45) is 0 Å². The molecule has 62 valence electrons. The normalized spacial score (nSPS) is 10.4. The van der Waals surface area contributed by atoms with Crippen molar-refractivity contribution >= 4 is 11.8 Å². The monoisotopic (exact) mass is 182 g/mol. The molecule has 0 aliphatic rings. The highest BCUT2D eigenvalue weighted by Crippen LogP contribution is 2.27. The van der Waals surface area contributed by atoms with E-state index in [1.165, 1.54) is 11.8 Å². The van der Waals surface area contributed by atoms with Crippen LogP contribution in [0.15, 0.2) is 21.8 Å². The third-order valence-corrected chi connectivity index (χ3v) is 2.09. The van der Waals surface area contributed by atoms with Crippen molar-refractivity contribution in [1.29, 1.82) is 0 Å². The zero-order chi connectivity index (χ0) is 8.39. The minimum atomic E-state index is 0.563. The van der Waals surface area contributed by atoms with Gasteiger partial charge in [-0.2, -0.15) is 5.21 Å². The lowest BCUT2D eigenvalue weighted by atomic mass is 10.3. The molecule has 0 atom stereocenters. The molecule has 0 bridgehead atoms. The molecule has 6 heteroatoms. The molecular weight excluding hydrogens is 176 g/mol. The van der Waals surface area contributed by atoms with Crippen LogP contribution in [0.25, 0.3) is 11.4 Å². The standard InChI is InChI=1S/C6H6N4OS/c1-12-6-4(2-3-11-6)5-7-9-10-8-5/h2-3H,1H3,(H,7,8,9,10). The summed E-state index contributed by atoms with van der Waals surface area (Å²) in [6, 6.07) is 1.82. The first-order valence-electron chi connectivity index (χ1n) is 3.27. The summed E-state index contributed by atoms with van der Waals surface area (Å²) in [5.41, 5.74) is 0.872. The van der Waals surface area contributed by atoms with Crippen molar-refractivity contribution < 1.29 is 4.42 Å². The highest BCUT2D eigenvalue weighted by atomic mass is 32.2. The van der Waals surface area contributed by atoms with Gasteiger partial charge in [-0.15, -0.1) is 10.2 Å². The Balaban J connectivity index is 2.46. The van der Waals surface area contributed by atoms with Crippen molar-refractivity contribution in [3.63, 3.8) is 0 Å². The summed E-state index contributed by atoms with van der Waals surface area (Å²) < 4.78 is 5.18. The molecule has 2 aromatic rings. The fraction of sp³-hybridized carbons (Fsp3) is 0.167. The van der Waals surface area contributed by atoms with E-state index in [4.69, 9.17) is 4.42 Å². The van der Waals surface area contributed by atoms with Crippen LogP contribution in [-0.4, -0.2) is 26.9 Å². The zero-order valence-electron chi connectivity index (χ0n) is 6.31. The molecule has 2 heterocycles. The SMILES string of the molecule is CSc1occc1-c1nn[nH]n1. The van der Waals surface area contributed by atoms with Gasteiger partial charge in [-0.05, 0) is 17.5 Å². The van der Waals surface area contributed by atoms with Gasteiger partial charge in [0.1, 0.15) is 0 Å². The fourth-order valence-corrected chi connectivity index (χ4v) is 1.43. The number of H-pyrrole nitrogens is 1. The number of furan rings is 1. The maximum atomic E-state index is 5.18. The molecule has 0 radical (unpaired) electrons. The molecule has 0 spiro atoms. The van der Waals surface area contributed by atoms with Crippen LogP contribution in [-0.2, 0) is 0 Å². The topological polar surface area (TPSA) is 67.6 Å². The molecule has 0 amide bonds. The molecule has 2 aromatic heterocycles. The van der Waals surface area contributed by atoms with Gasteiger partial charge in [0.25, 0.3) is 0 Å². The number of hydrogen-bond acceptors (Lipinski definition) is 5. The Morgan fingerprint density at radius 2 is 2.50 bits per heavy atom. The van der Waals surface area contributed by atoms with Crippen LogP contribution in [0.3, 0.4) is 0 Å². The number of aromatic amines is 1. The van der Waals surface area contributed by atoms with Crippen molar-refractivity contribution in [3.05, 3.63) is 12.3 Å². The van der Waals surface area contributed by atoms with Crippen molar-refractivity contribution in [2.45, 2.75) is 5.09 Å². The molecule has 12 heavy (non-hydrogen) atoms. The molecule has 0 aliphatic carbocycles. The molecule has 0 fully saturated rings. The van der Waals surface area contributed by atoms with E-state index in [1.807, 2.05) is 12.3 Å². The highest BCUT2D eigenvalue weighted by Gasteiger charge is 2.10. The van der Waals surface area contributed by atoms with Crippen LogP contribution in [0.4, 0.5) is 0 Å². The second kappa shape index (κ2) is 2.98. The second-order valence-electron chi connectivity index (χ2n) is 2.06. The maximum absolute atomic E-state index is 5.18. The van der Waals surface area contributed by atoms with Crippen LogP contribution >= 0.6 is 11.8 Å². The number of rotatable bonds is 2. The Morgan fingerprint density at radius 3 is 3.17 bits per heavy atom. The summed E-state index contributed by atoms with van der Waals surface area (Å²) in [5.74, 6) is 0.563. The molecule has 0 saturated heterocycles. The Kier molecular flexibility index (Phi) is 1.83. The minimum Gasteiger partial charge on any atom is -0.457 e. The first-order chi connectivity index (χ1) is 5.92. The van der Waals surface area contributed by atoms with Crippen LogP contribution in [0.2, 0.25) is 0 Å². The summed E-state index contributed by atoms with van der Waals surface area (Å²) in [7, 11) is 0. The molecule has 0 unspecified atom stereocenters. The first kappa shape index (κ1) is 7.35. The molecule has 1 N–H and O–H groups in total. The van der Waals surface area contributed by atoms with Crippen molar-refractivity contribution in [1.82, 2.24) is 20.6 Å². The van der Waals surface area contributed by atoms with Gasteiger partial charge in [-0.3, -0.25) is 0 Å². The van der Waals surface area contributed by atoms with Crippen LogP contribution in [0, 0.1) is 0 Å². The second-order valence-corrected chi connectivity index (χ2v) is 2.84. The van der Waals surface area contributed by atoms with Gasteiger partial charge < -0.3 is 4.42 Å². The lowest BCUT2D eigenvalue weighted by molar-refractivity contribution is 0.476. The molecule has 2 rings (SSSR count). The summed E-state index contributed by atoms with van der Waals surface area (Å²) in [6.45, 7) is 0. The average molecular weight is 182 g/mol. The number of nitrogens with one attached hydrogen (secondary N) is 1. The van der Waals surface area contributed by atoms with Gasteiger partial charge in [-0.1, -0.05) is 11.8 Å². The molecule has 0 aliphatic heterocycles. The lowest BCUT2D eigenvalue weighted by Gasteiger charge is -1.90. The van der Waals surface area contributed by atoms with Gasteiger partial charge in [0.15, 0.2) is 5.09 Å². The van der Waals surface area contributed by atoms with Gasteiger partial charge >= 0.3 is 0 Å². The predicted octanol–water partition coefficient (Wildman–Crippen LogP) is 1.18. The zero-order valence-corrected chi connectivity index (χ0v) is 7.13. The van der Waals surface area contributed by atoms with Crippen molar-refractivity contribution in [3.8, 4) is 11.4 Å². The Labute approximate surface area is 72.5 Å². The number of nitrogens with zero attached hydrogens (tertiary/aromatic N) is 3. The quantitative estimate of drug-likeness (QED) is 0.706. The largest absolute Gasteiger partial charge is 0.457 e. The predicted molar refractivity (Wildman–Crippen MR) is 43.7 cm³/mol. The number of tetrazole rings is 1. The molecular formula is C6H6N4OS. The van der Waals surface area contributed by atoms with Gasteiger partial charge in [0.05, 0.1) is 11.8 Å². The van der Waals surface area contributed by atoms with Crippen molar-refractivity contribution in [2.75, 3.05) is 6.26 Å². The van der Waals surface area contributed by atoms with E-state index in [2.05, 4.69) is 20.6 Å². The highest BCUT2D eigenvalue weighted by molar-refractivity contribution is 7.98. The summed E-state index contributed by atoms with van der Waals surface area (Å²) >= 11 is 1.51. The lowest BCUT2D eigenvalue weighted by Crippen LogP contribution is -1.79. The smallest absolute Gasteiger partial charge is 0.209 e. The summed E-state index contributed by atoms with van der Waals surface area (Å²) in [6.07, 6.45) is 3.54. The van der Waals surface area contributed by atoms with Crippen LogP contribution in [0.5, 0.6) is 0 Å². The molecule has 0 saturated carbocycles. The number of aromatic nitrogens is 4. The summed E-state index contributed by atoms with van der Waals surface area (Å²) in [5, 5.41) is 14.4. The Bertz CT molecular complexity index is 355. The Hall–Kier alpha value is -1.30. The van der Waals surface area contributed by atoms with E-state index >= 15 is 0 Å². The number of hydrogen-bond donors (Lipinski definition) is 1. The van der Waals surface area contributed by atoms with E-state index in [1.54, 1.807) is 6.26 Å². The van der Waals surface area contributed by atoms with E-state index < -0.39 is 0 Å². The first-order valence-corrected chi connectivity index (χ1v) is 4.49. The van der Waals surface area contributed by atoms with Gasteiger partial charge in [0.2, 0.25) is 5.82 Å². The molecule has 5 nitrogen and oxygen atoms in total. The maximum Gasteiger partial charge on any atom is 0.209 e. The molecule has 0 aromatic carbocycles. The minimum absolute atomic E-state index is 0.563. The van der Waals surface area contributed by atoms with Gasteiger partial charge in [-0.25, -0.2) is 0 Å². The Morgan fingerprint density at radius 1 is 1.58 bits per heavy atom. The van der Waals surface area contributed by atoms with E-state index in [-0.39, 0.29) is 0 Å². The third kappa shape index (κ3) is 1.10. The van der Waals surface area contributed by atoms with E-state index in [0.29, 0.717) is 5.82 Å². The fourth-order valence-electron chi connectivity index (χ4n) is 0.895.